The fourth-order valence-corrected chi connectivity index (χ4v) is 5.34. The van der Waals surface area contributed by atoms with Crippen molar-refractivity contribution in [3.8, 4) is 0 Å². The number of sulfonamides is 1. The minimum atomic E-state index is -3.64. The molecule has 0 N–H and O–H groups in total. The third-order valence-electron chi connectivity index (χ3n) is 5.61. The quantitative estimate of drug-likeness (QED) is 0.557. The molecule has 3 amide bonds. The molecular weight excluding hydrogens is 416 g/mol. The molecule has 3 fully saturated rings. The van der Waals surface area contributed by atoms with Crippen LogP contribution in [0.3, 0.4) is 0 Å². The third kappa shape index (κ3) is 4.48. The molecule has 1 unspecified atom stereocenters. The van der Waals surface area contributed by atoms with Crippen LogP contribution < -0.4 is 0 Å². The number of ether oxygens (including phenoxy) is 2. The second kappa shape index (κ2) is 7.88. The minimum absolute atomic E-state index is 0.0423. The van der Waals surface area contributed by atoms with E-state index in [1.54, 1.807) is 35.5 Å². The van der Waals surface area contributed by atoms with Crippen molar-refractivity contribution >= 4 is 28.1 Å². The van der Waals surface area contributed by atoms with Gasteiger partial charge in [-0.25, -0.2) is 18.0 Å². The lowest BCUT2D eigenvalue weighted by Crippen LogP contribution is -2.54. The normalized spacial score (nSPS) is 28.0. The molecule has 12 heteroatoms. The molecule has 0 bridgehead atoms. The molecule has 3 rings (SSSR count). The number of methoxy groups -OCH3 is 1. The molecule has 0 aliphatic carbocycles. The molecule has 30 heavy (non-hydrogen) atoms. The predicted octanol–water partition coefficient (Wildman–Crippen LogP) is -0.0812. The number of nitrogens with zero attached hydrogens (tertiary/aromatic N) is 4. The number of carbonyl (C=O) groups is 3. The van der Waals surface area contributed by atoms with Crippen molar-refractivity contribution in [3.05, 3.63) is 0 Å². The Morgan fingerprint density at radius 2 is 1.70 bits per heavy atom. The second-order valence-corrected chi connectivity index (χ2v) is 10.9. The van der Waals surface area contributed by atoms with E-state index >= 15 is 0 Å². The summed E-state index contributed by atoms with van der Waals surface area (Å²) in [6.45, 7) is 6.89. The lowest BCUT2D eigenvalue weighted by Gasteiger charge is -2.37. The standard InChI is InChI=1S/C18H30N4O7S/c1-18(2,3)29-17(25)19-6-7-20-13(9-19)10-21(16(20)24)12-8-14(15(23)28-4)22(11-12)30(5,26)27/h12-14H,6-11H2,1-5H3/t12-,13?,14+/m0/s1. The Hall–Kier alpha value is -2.08. The number of esters is 1. The van der Waals surface area contributed by atoms with E-state index in [9.17, 15) is 22.8 Å². The zero-order chi connectivity index (χ0) is 22.4. The van der Waals surface area contributed by atoms with E-state index in [1.807, 2.05) is 0 Å². The molecule has 170 valence electrons. The van der Waals surface area contributed by atoms with Crippen molar-refractivity contribution in [1.82, 2.24) is 19.0 Å². The first kappa shape index (κ1) is 22.6. The van der Waals surface area contributed by atoms with Crippen LogP contribution in [0.5, 0.6) is 0 Å². The topological polar surface area (TPSA) is 117 Å². The molecule has 0 saturated carbocycles. The summed E-state index contributed by atoms with van der Waals surface area (Å²) in [6, 6.07) is -1.79. The van der Waals surface area contributed by atoms with Crippen LogP contribution in [-0.2, 0) is 24.3 Å². The average Bonchev–Trinajstić information content (AvgIpc) is 3.21. The summed E-state index contributed by atoms with van der Waals surface area (Å²) in [7, 11) is -2.43. The molecule has 11 nitrogen and oxygen atoms in total. The van der Waals surface area contributed by atoms with Gasteiger partial charge in [-0.1, -0.05) is 0 Å². The number of urea groups is 1. The van der Waals surface area contributed by atoms with Crippen LogP contribution >= 0.6 is 0 Å². The van der Waals surface area contributed by atoms with E-state index in [-0.39, 0.29) is 25.0 Å². The van der Waals surface area contributed by atoms with Gasteiger partial charge in [0.25, 0.3) is 0 Å². The smallest absolute Gasteiger partial charge is 0.410 e. The van der Waals surface area contributed by atoms with E-state index in [1.165, 1.54) is 7.11 Å². The van der Waals surface area contributed by atoms with E-state index in [2.05, 4.69) is 0 Å². The molecule has 3 aliphatic rings. The van der Waals surface area contributed by atoms with Gasteiger partial charge in [0.15, 0.2) is 0 Å². The zero-order valence-corrected chi connectivity index (χ0v) is 18.8. The summed E-state index contributed by atoms with van der Waals surface area (Å²) >= 11 is 0. The van der Waals surface area contributed by atoms with Gasteiger partial charge in [0.1, 0.15) is 11.6 Å². The summed E-state index contributed by atoms with van der Waals surface area (Å²) < 4.78 is 35.6. The van der Waals surface area contributed by atoms with Gasteiger partial charge >= 0.3 is 18.1 Å². The maximum absolute atomic E-state index is 13.0. The van der Waals surface area contributed by atoms with Crippen LogP contribution in [0.15, 0.2) is 0 Å². The lowest BCUT2D eigenvalue weighted by molar-refractivity contribution is -0.144. The number of piperazine rings is 1. The molecule has 3 saturated heterocycles. The summed E-state index contributed by atoms with van der Waals surface area (Å²) in [5, 5.41) is 0. The highest BCUT2D eigenvalue weighted by Gasteiger charge is 2.50. The van der Waals surface area contributed by atoms with Gasteiger partial charge < -0.3 is 24.2 Å². The second-order valence-electron chi connectivity index (χ2n) is 8.97. The summed E-state index contributed by atoms with van der Waals surface area (Å²) in [5.41, 5.74) is -0.604. The number of hydrogen-bond donors (Lipinski definition) is 0. The van der Waals surface area contributed by atoms with Gasteiger partial charge in [-0.3, -0.25) is 4.79 Å². The Kier molecular flexibility index (Phi) is 5.93. The molecule has 0 radical (unpaired) electrons. The van der Waals surface area contributed by atoms with Gasteiger partial charge in [0, 0.05) is 38.8 Å². The van der Waals surface area contributed by atoms with Gasteiger partial charge in [-0.15, -0.1) is 0 Å². The van der Waals surface area contributed by atoms with E-state index in [0.29, 0.717) is 26.2 Å². The fourth-order valence-electron chi connectivity index (χ4n) is 4.26. The molecular formula is C18H30N4O7S. The van der Waals surface area contributed by atoms with E-state index < -0.39 is 39.8 Å². The first-order valence-electron chi connectivity index (χ1n) is 9.91. The molecule has 0 aromatic carbocycles. The summed E-state index contributed by atoms with van der Waals surface area (Å²) in [5.74, 6) is -0.636. The largest absolute Gasteiger partial charge is 0.468 e. The van der Waals surface area contributed by atoms with Crippen molar-refractivity contribution in [2.24, 2.45) is 0 Å². The summed E-state index contributed by atoms with van der Waals surface area (Å²) in [6.07, 6.45) is 0.809. The number of amides is 3. The molecule has 0 aromatic rings. The zero-order valence-electron chi connectivity index (χ0n) is 18.0. The van der Waals surface area contributed by atoms with Gasteiger partial charge in [-0.05, 0) is 27.2 Å². The first-order chi connectivity index (χ1) is 13.8. The highest BCUT2D eigenvalue weighted by Crippen LogP contribution is 2.31. The monoisotopic (exact) mass is 446 g/mol. The third-order valence-corrected chi connectivity index (χ3v) is 6.86. The maximum Gasteiger partial charge on any atom is 0.410 e. The highest BCUT2D eigenvalue weighted by molar-refractivity contribution is 7.88. The molecule has 0 spiro atoms. The first-order valence-corrected chi connectivity index (χ1v) is 11.8. The van der Waals surface area contributed by atoms with Crippen LogP contribution in [0.1, 0.15) is 27.2 Å². The van der Waals surface area contributed by atoms with E-state index in [4.69, 9.17) is 9.47 Å². The van der Waals surface area contributed by atoms with Crippen molar-refractivity contribution in [2.45, 2.75) is 50.9 Å². The number of carbonyl (C=O) groups excluding carboxylic acids is 3. The Balaban J connectivity index is 1.70. The number of rotatable bonds is 3. The fraction of sp³-hybridized carbons (Fsp3) is 0.833. The van der Waals surface area contributed by atoms with Crippen molar-refractivity contribution in [3.63, 3.8) is 0 Å². The molecule has 3 aliphatic heterocycles. The Labute approximate surface area is 176 Å². The van der Waals surface area contributed by atoms with Crippen molar-refractivity contribution in [2.75, 3.05) is 46.1 Å². The predicted molar refractivity (Wildman–Crippen MR) is 106 cm³/mol. The summed E-state index contributed by atoms with van der Waals surface area (Å²) in [4.78, 5) is 42.4. The maximum atomic E-state index is 13.0. The van der Waals surface area contributed by atoms with Crippen LogP contribution in [-0.4, -0.2) is 115 Å². The average molecular weight is 447 g/mol. The lowest BCUT2D eigenvalue weighted by atomic mass is 10.1. The van der Waals surface area contributed by atoms with Crippen LogP contribution in [0.2, 0.25) is 0 Å². The Bertz CT molecular complexity index is 825. The van der Waals surface area contributed by atoms with E-state index in [0.717, 1.165) is 10.6 Å². The van der Waals surface area contributed by atoms with Crippen LogP contribution in [0, 0.1) is 0 Å². The number of hydrogen-bond acceptors (Lipinski definition) is 7. The number of fused-ring (bicyclic) bond motifs is 1. The van der Waals surface area contributed by atoms with Crippen LogP contribution in [0.4, 0.5) is 9.59 Å². The molecule has 3 heterocycles. The minimum Gasteiger partial charge on any atom is -0.468 e. The van der Waals surface area contributed by atoms with Gasteiger partial charge in [0.05, 0.1) is 19.4 Å². The van der Waals surface area contributed by atoms with Gasteiger partial charge in [-0.2, -0.15) is 4.31 Å². The van der Waals surface area contributed by atoms with Crippen molar-refractivity contribution < 1.29 is 32.3 Å². The van der Waals surface area contributed by atoms with Crippen LogP contribution in [0.25, 0.3) is 0 Å². The molecule has 0 aromatic heterocycles. The Morgan fingerprint density at radius 3 is 2.27 bits per heavy atom. The molecule has 3 atom stereocenters. The highest BCUT2D eigenvalue weighted by atomic mass is 32.2. The SMILES string of the molecule is COC(=O)[C@H]1C[C@H](N2CC3CN(C(=O)OC(C)(C)C)CCN3C2=O)CN1S(C)(=O)=O. The Morgan fingerprint density at radius 1 is 1.03 bits per heavy atom. The van der Waals surface area contributed by atoms with Gasteiger partial charge in [0.2, 0.25) is 10.0 Å². The van der Waals surface area contributed by atoms with Crippen molar-refractivity contribution in [1.29, 1.82) is 0 Å².